The molecule has 214 valence electrons. The molecule has 6 aromatic carbocycles. The van der Waals surface area contributed by atoms with Crippen LogP contribution >= 0.6 is 0 Å². The topological polar surface area (TPSA) is 80.5 Å². The van der Waals surface area contributed by atoms with E-state index in [0.29, 0.717) is 27.9 Å². The highest BCUT2D eigenvalue weighted by atomic mass is 16.3. The van der Waals surface area contributed by atoms with Gasteiger partial charge in [-0.05, 0) is 53.5 Å². The van der Waals surface area contributed by atoms with Crippen LogP contribution in [0.2, 0.25) is 0 Å². The largest absolute Gasteiger partial charge is 0.456 e. The number of hydrogen-bond donors (Lipinski definition) is 0. The van der Waals surface area contributed by atoms with Crippen LogP contribution in [0.4, 0.5) is 0 Å². The van der Waals surface area contributed by atoms with Crippen molar-refractivity contribution in [2.75, 3.05) is 0 Å². The van der Waals surface area contributed by atoms with Gasteiger partial charge in [-0.2, -0.15) is 15.2 Å². The summed E-state index contributed by atoms with van der Waals surface area (Å²) in [6.07, 6.45) is 0. The van der Waals surface area contributed by atoms with Crippen LogP contribution in [0.5, 0.6) is 0 Å². The second-order valence-electron chi connectivity index (χ2n) is 10.6. The third-order valence-corrected chi connectivity index (χ3v) is 7.96. The van der Waals surface area contributed by atoms with E-state index in [-0.39, 0.29) is 39.4 Å². The lowest BCUT2D eigenvalue weighted by Gasteiger charge is -2.11. The van der Waals surface area contributed by atoms with Crippen LogP contribution in [0, 0.1) is 11.3 Å². The lowest BCUT2D eigenvalue weighted by Crippen LogP contribution is -2.06. The molecule has 9 rings (SSSR count). The molecule has 0 spiro atoms. The molecule has 3 heterocycles. The number of rotatable bonds is 4. The molecule has 6 heteroatoms. The highest BCUT2D eigenvalue weighted by Crippen LogP contribution is 2.34. The quantitative estimate of drug-likeness (QED) is 0.202. The Morgan fingerprint density at radius 3 is 1.98 bits per heavy atom. The fourth-order valence-corrected chi connectivity index (χ4v) is 5.79. The summed E-state index contributed by atoms with van der Waals surface area (Å²) >= 11 is 0. The standard InChI is InChI=1S/C40H23N5O/c41-24-25-8-7-9-28(22-25)26-16-18-27(19-17-26)38-42-39(29-20-21-33-32-12-3-6-15-36(32)46-37(33)23-29)44-40(43-38)45-34-13-4-1-10-30(34)31-11-2-5-14-35(31)45/h1-23H/i1D,2D,4D,5D,10D,11D,13D,14D. The number of furan rings is 1. The van der Waals surface area contributed by atoms with Gasteiger partial charge in [0.1, 0.15) is 11.2 Å². The van der Waals surface area contributed by atoms with E-state index < -0.39 is 48.3 Å². The number of aromatic nitrogens is 4. The van der Waals surface area contributed by atoms with Crippen molar-refractivity contribution in [1.82, 2.24) is 19.5 Å². The van der Waals surface area contributed by atoms with E-state index in [9.17, 15) is 5.26 Å². The number of benzene rings is 6. The predicted octanol–water partition coefficient (Wildman–Crippen LogP) is 9.74. The number of nitriles is 1. The number of fused-ring (bicyclic) bond motifs is 6. The van der Waals surface area contributed by atoms with Crippen molar-refractivity contribution in [2.24, 2.45) is 0 Å². The van der Waals surface area contributed by atoms with Gasteiger partial charge in [0, 0.05) is 32.7 Å². The van der Waals surface area contributed by atoms with Crippen molar-refractivity contribution in [1.29, 1.82) is 5.26 Å². The van der Waals surface area contributed by atoms with E-state index in [1.165, 1.54) is 4.57 Å². The van der Waals surface area contributed by atoms with E-state index in [4.69, 9.17) is 30.3 Å². The Balaban J connectivity index is 1.35. The first-order valence-corrected chi connectivity index (χ1v) is 14.4. The maximum atomic E-state index is 9.41. The van der Waals surface area contributed by atoms with Gasteiger partial charge in [-0.3, -0.25) is 4.57 Å². The maximum Gasteiger partial charge on any atom is 0.238 e. The van der Waals surface area contributed by atoms with E-state index in [1.807, 2.05) is 66.7 Å². The summed E-state index contributed by atoms with van der Waals surface area (Å²) in [5.41, 5.74) is 4.39. The Morgan fingerprint density at radius 1 is 0.565 bits per heavy atom. The van der Waals surface area contributed by atoms with Crippen molar-refractivity contribution in [3.8, 4) is 45.9 Å². The van der Waals surface area contributed by atoms with Crippen LogP contribution in [-0.4, -0.2) is 19.5 Å². The Hall–Kier alpha value is -6.58. The summed E-state index contributed by atoms with van der Waals surface area (Å²) in [7, 11) is 0. The zero-order valence-electron chi connectivity index (χ0n) is 31.8. The first-order valence-electron chi connectivity index (χ1n) is 18.4. The SMILES string of the molecule is [2H]c1c([2H])c([2H])c2c(c1[2H])c1c([2H])c([2H])c([2H])c([2H])c1n2-c1nc(-c2ccc(-c3cccc(C#N)c3)cc2)nc(-c2ccc3c(c2)oc2ccccc23)n1. The Bertz CT molecular complexity index is 3040. The molecule has 0 atom stereocenters. The van der Waals surface area contributed by atoms with Crippen LogP contribution < -0.4 is 0 Å². The average Bonchev–Trinajstić information content (AvgIpc) is 3.77. The zero-order valence-corrected chi connectivity index (χ0v) is 23.8. The zero-order chi connectivity index (χ0) is 37.6. The van der Waals surface area contributed by atoms with Gasteiger partial charge in [-0.15, -0.1) is 0 Å². The third-order valence-electron chi connectivity index (χ3n) is 7.96. The third kappa shape index (κ3) is 4.15. The van der Waals surface area contributed by atoms with Crippen LogP contribution in [0.1, 0.15) is 16.5 Å². The van der Waals surface area contributed by atoms with Gasteiger partial charge in [-0.25, -0.2) is 4.98 Å². The maximum absolute atomic E-state index is 9.41. The van der Waals surface area contributed by atoms with Crippen LogP contribution in [0.3, 0.4) is 0 Å². The van der Waals surface area contributed by atoms with Gasteiger partial charge in [0.2, 0.25) is 5.95 Å². The first-order chi connectivity index (χ1) is 26.0. The molecule has 9 aromatic rings. The molecule has 0 N–H and O–H groups in total. The van der Waals surface area contributed by atoms with Crippen LogP contribution in [-0.2, 0) is 0 Å². The lowest BCUT2D eigenvalue weighted by atomic mass is 10.0. The minimum Gasteiger partial charge on any atom is -0.456 e. The van der Waals surface area contributed by atoms with E-state index >= 15 is 0 Å². The lowest BCUT2D eigenvalue weighted by molar-refractivity contribution is 0.669. The summed E-state index contributed by atoms with van der Waals surface area (Å²) in [5.74, 6) is 0.245. The normalized spacial score (nSPS) is 13.9. The molecule has 46 heavy (non-hydrogen) atoms. The van der Waals surface area contributed by atoms with E-state index in [1.54, 1.807) is 24.3 Å². The molecular weight excluding hydrogens is 566 g/mol. The molecule has 0 aliphatic carbocycles. The first kappa shape index (κ1) is 18.9. The molecule has 0 aliphatic heterocycles. The molecule has 0 saturated heterocycles. The molecular formula is C40H23N5O. The summed E-state index contributed by atoms with van der Waals surface area (Å²) in [6, 6.07) is 25.9. The minimum atomic E-state index is -0.548. The van der Waals surface area contributed by atoms with E-state index in [2.05, 4.69) is 6.07 Å². The number of hydrogen-bond acceptors (Lipinski definition) is 5. The summed E-state index contributed by atoms with van der Waals surface area (Å²) < 4.78 is 76.9. The second-order valence-corrected chi connectivity index (χ2v) is 10.6. The highest BCUT2D eigenvalue weighted by Gasteiger charge is 2.18. The summed E-state index contributed by atoms with van der Waals surface area (Å²) in [4.78, 5) is 14.5. The average molecular weight is 598 g/mol. The molecule has 0 fully saturated rings. The molecule has 0 amide bonds. The smallest absolute Gasteiger partial charge is 0.238 e. The summed E-state index contributed by atoms with van der Waals surface area (Å²) in [6.45, 7) is 0. The van der Waals surface area contributed by atoms with Crippen molar-refractivity contribution >= 4 is 43.7 Å². The van der Waals surface area contributed by atoms with Crippen molar-refractivity contribution in [2.45, 2.75) is 0 Å². The molecule has 0 radical (unpaired) electrons. The van der Waals surface area contributed by atoms with Gasteiger partial charge in [-0.1, -0.05) is 96.9 Å². The number of nitrogens with zero attached hydrogens (tertiary/aromatic N) is 5. The Kier molecular flexibility index (Phi) is 4.22. The van der Waals surface area contributed by atoms with Crippen molar-refractivity contribution < 1.29 is 15.4 Å². The second kappa shape index (κ2) is 10.3. The van der Waals surface area contributed by atoms with Gasteiger partial charge in [0.15, 0.2) is 11.6 Å². The fraction of sp³-hybridized carbons (Fsp3) is 0. The van der Waals surface area contributed by atoms with E-state index in [0.717, 1.165) is 21.9 Å². The van der Waals surface area contributed by atoms with Crippen LogP contribution in [0.25, 0.3) is 83.6 Å². The predicted molar refractivity (Wildman–Crippen MR) is 182 cm³/mol. The minimum absolute atomic E-state index is 0.0841. The molecule has 0 unspecified atom stereocenters. The monoisotopic (exact) mass is 597 g/mol. The van der Waals surface area contributed by atoms with Crippen molar-refractivity contribution in [3.63, 3.8) is 0 Å². The summed E-state index contributed by atoms with van der Waals surface area (Å²) in [5, 5.41) is 11.1. The molecule has 0 aliphatic rings. The Morgan fingerprint density at radius 2 is 1.22 bits per heavy atom. The number of para-hydroxylation sites is 3. The molecule has 6 nitrogen and oxygen atoms in total. The highest BCUT2D eigenvalue weighted by molar-refractivity contribution is 6.09. The fourth-order valence-electron chi connectivity index (χ4n) is 5.79. The molecule has 0 saturated carbocycles. The Labute approximate surface area is 274 Å². The van der Waals surface area contributed by atoms with Gasteiger partial charge >= 0.3 is 0 Å². The molecule has 0 bridgehead atoms. The van der Waals surface area contributed by atoms with Gasteiger partial charge < -0.3 is 4.42 Å². The van der Waals surface area contributed by atoms with Crippen LogP contribution in [0.15, 0.2) is 144 Å². The molecule has 3 aromatic heterocycles. The van der Waals surface area contributed by atoms with Gasteiger partial charge in [0.05, 0.1) is 33.6 Å². The van der Waals surface area contributed by atoms with Crippen molar-refractivity contribution in [3.05, 3.63) is 145 Å². The van der Waals surface area contributed by atoms with Gasteiger partial charge in [0.25, 0.3) is 0 Å².